The number of carbonyl (C=O) groups is 3. The lowest BCUT2D eigenvalue weighted by atomic mass is 10.3. The molecule has 11 heteroatoms. The topological polar surface area (TPSA) is 131 Å². The molecule has 0 unspecified atom stereocenters. The standard InChI is InChI=1S/C16H22FN3O6S/c1-9(2)18-16(23)19-14(21)11(4)26-15(22)10(3)20-27(24,25)13-8-6-5-7-12(13)17/h5-11,20H,1-4H3,(H2,18,19,21,23)/t10-,11+/m0/s1. The summed E-state index contributed by atoms with van der Waals surface area (Å²) in [6.45, 7) is 5.78. The highest BCUT2D eigenvalue weighted by molar-refractivity contribution is 7.89. The molecule has 150 valence electrons. The van der Waals surface area contributed by atoms with Gasteiger partial charge in [-0.15, -0.1) is 0 Å². The van der Waals surface area contributed by atoms with Crippen molar-refractivity contribution in [3.05, 3.63) is 30.1 Å². The number of ether oxygens (including phenoxy) is 1. The molecule has 0 saturated heterocycles. The van der Waals surface area contributed by atoms with Gasteiger partial charge in [0.05, 0.1) is 0 Å². The van der Waals surface area contributed by atoms with Crippen LogP contribution < -0.4 is 15.4 Å². The molecule has 3 amide bonds. The lowest BCUT2D eigenvalue weighted by molar-refractivity contribution is -0.155. The Morgan fingerprint density at radius 1 is 1.07 bits per heavy atom. The number of carbonyl (C=O) groups excluding carboxylic acids is 3. The highest BCUT2D eigenvalue weighted by Crippen LogP contribution is 2.14. The number of imide groups is 1. The van der Waals surface area contributed by atoms with Crippen LogP contribution in [-0.2, 0) is 24.3 Å². The van der Waals surface area contributed by atoms with Crippen LogP contribution in [0.4, 0.5) is 9.18 Å². The van der Waals surface area contributed by atoms with Gasteiger partial charge in [-0.1, -0.05) is 12.1 Å². The average molecular weight is 403 g/mol. The Hall–Kier alpha value is -2.53. The maximum absolute atomic E-state index is 13.6. The van der Waals surface area contributed by atoms with Crippen molar-refractivity contribution in [1.82, 2.24) is 15.4 Å². The minimum atomic E-state index is -4.31. The first-order valence-electron chi connectivity index (χ1n) is 8.02. The molecule has 2 atom stereocenters. The summed E-state index contributed by atoms with van der Waals surface area (Å²) in [7, 11) is -4.31. The Morgan fingerprint density at radius 3 is 2.22 bits per heavy atom. The summed E-state index contributed by atoms with van der Waals surface area (Å²) in [5, 5.41) is 4.40. The minimum Gasteiger partial charge on any atom is -0.451 e. The van der Waals surface area contributed by atoms with E-state index in [1.54, 1.807) is 13.8 Å². The van der Waals surface area contributed by atoms with Gasteiger partial charge in [0.25, 0.3) is 5.91 Å². The predicted octanol–water partition coefficient (Wildman–Crippen LogP) is 0.658. The Bertz CT molecular complexity index is 812. The van der Waals surface area contributed by atoms with Crippen molar-refractivity contribution in [3.63, 3.8) is 0 Å². The number of benzene rings is 1. The van der Waals surface area contributed by atoms with Crippen LogP contribution in [-0.4, -0.2) is 44.5 Å². The molecule has 0 bridgehead atoms. The van der Waals surface area contributed by atoms with Gasteiger partial charge in [-0.2, -0.15) is 4.72 Å². The Kier molecular flexibility index (Phi) is 7.85. The highest BCUT2D eigenvalue weighted by Gasteiger charge is 2.28. The summed E-state index contributed by atoms with van der Waals surface area (Å²) in [6.07, 6.45) is -1.35. The van der Waals surface area contributed by atoms with E-state index in [1.165, 1.54) is 26.0 Å². The van der Waals surface area contributed by atoms with Crippen molar-refractivity contribution in [3.8, 4) is 0 Å². The van der Waals surface area contributed by atoms with Crippen molar-refractivity contribution in [1.29, 1.82) is 0 Å². The normalized spacial score (nSPS) is 13.6. The minimum absolute atomic E-state index is 0.205. The number of halogens is 1. The van der Waals surface area contributed by atoms with Crippen molar-refractivity contribution < 1.29 is 31.9 Å². The molecular weight excluding hydrogens is 381 g/mol. The van der Waals surface area contributed by atoms with E-state index in [9.17, 15) is 27.2 Å². The number of esters is 1. The van der Waals surface area contributed by atoms with E-state index in [1.807, 2.05) is 10.0 Å². The number of hydrogen-bond acceptors (Lipinski definition) is 6. The fraction of sp³-hybridized carbons (Fsp3) is 0.438. The molecule has 0 aliphatic rings. The van der Waals surface area contributed by atoms with E-state index in [0.717, 1.165) is 12.1 Å². The smallest absolute Gasteiger partial charge is 0.324 e. The van der Waals surface area contributed by atoms with Gasteiger partial charge in [0.2, 0.25) is 10.0 Å². The van der Waals surface area contributed by atoms with E-state index in [-0.39, 0.29) is 6.04 Å². The van der Waals surface area contributed by atoms with E-state index >= 15 is 0 Å². The van der Waals surface area contributed by atoms with Crippen LogP contribution in [0.2, 0.25) is 0 Å². The molecule has 0 spiro atoms. The largest absolute Gasteiger partial charge is 0.451 e. The predicted molar refractivity (Wildman–Crippen MR) is 93.5 cm³/mol. The lowest BCUT2D eigenvalue weighted by Gasteiger charge is -2.18. The van der Waals surface area contributed by atoms with Gasteiger partial charge in [0, 0.05) is 6.04 Å². The number of hydrogen-bond donors (Lipinski definition) is 3. The molecule has 0 heterocycles. The second-order valence-corrected chi connectivity index (χ2v) is 7.65. The van der Waals surface area contributed by atoms with E-state index in [4.69, 9.17) is 4.74 Å². The molecule has 0 radical (unpaired) electrons. The number of sulfonamides is 1. The van der Waals surface area contributed by atoms with Crippen LogP contribution in [0.3, 0.4) is 0 Å². The summed E-state index contributed by atoms with van der Waals surface area (Å²) < 4.78 is 44.7. The molecule has 0 aliphatic heterocycles. The zero-order valence-corrected chi connectivity index (χ0v) is 16.1. The number of amides is 3. The van der Waals surface area contributed by atoms with Crippen molar-refractivity contribution in [2.75, 3.05) is 0 Å². The maximum atomic E-state index is 13.6. The molecule has 3 N–H and O–H groups in total. The van der Waals surface area contributed by atoms with Gasteiger partial charge in [-0.3, -0.25) is 14.9 Å². The van der Waals surface area contributed by atoms with Crippen LogP contribution in [0, 0.1) is 5.82 Å². The molecule has 1 rings (SSSR count). The second kappa shape index (κ2) is 9.42. The third-order valence-corrected chi connectivity index (χ3v) is 4.70. The number of rotatable bonds is 7. The molecule has 9 nitrogen and oxygen atoms in total. The summed E-state index contributed by atoms with van der Waals surface area (Å²) in [5.74, 6) is -2.93. The maximum Gasteiger partial charge on any atom is 0.324 e. The number of urea groups is 1. The Morgan fingerprint density at radius 2 is 1.67 bits per heavy atom. The van der Waals surface area contributed by atoms with Crippen LogP contribution >= 0.6 is 0 Å². The van der Waals surface area contributed by atoms with Gasteiger partial charge in [0.1, 0.15) is 16.8 Å². The fourth-order valence-corrected chi connectivity index (χ4v) is 3.12. The summed E-state index contributed by atoms with van der Waals surface area (Å²) >= 11 is 0. The van der Waals surface area contributed by atoms with Crippen LogP contribution in [0.25, 0.3) is 0 Å². The summed E-state index contributed by atoms with van der Waals surface area (Å²) in [4.78, 5) is 34.6. The van der Waals surface area contributed by atoms with Crippen LogP contribution in [0.5, 0.6) is 0 Å². The zero-order chi connectivity index (χ0) is 20.8. The fourth-order valence-electron chi connectivity index (χ4n) is 1.85. The second-order valence-electron chi connectivity index (χ2n) is 5.97. The molecule has 0 fully saturated rings. The van der Waals surface area contributed by atoms with Crippen molar-refractivity contribution >= 4 is 27.9 Å². The lowest BCUT2D eigenvalue weighted by Crippen LogP contribution is -2.48. The van der Waals surface area contributed by atoms with Gasteiger partial charge in [-0.25, -0.2) is 17.6 Å². The van der Waals surface area contributed by atoms with Gasteiger partial charge < -0.3 is 10.1 Å². The summed E-state index contributed by atoms with van der Waals surface area (Å²) in [6, 6.07) is 2.30. The van der Waals surface area contributed by atoms with E-state index in [0.29, 0.717) is 0 Å². The number of nitrogens with one attached hydrogen (secondary N) is 3. The first-order valence-corrected chi connectivity index (χ1v) is 9.51. The first kappa shape index (κ1) is 22.5. The Balaban J connectivity index is 2.67. The average Bonchev–Trinajstić information content (AvgIpc) is 2.53. The molecule has 0 aromatic heterocycles. The quantitative estimate of drug-likeness (QED) is 0.573. The Labute approximate surface area is 156 Å². The van der Waals surface area contributed by atoms with Crippen LogP contribution in [0.1, 0.15) is 27.7 Å². The molecule has 27 heavy (non-hydrogen) atoms. The molecule has 0 saturated carbocycles. The van der Waals surface area contributed by atoms with Crippen LogP contribution in [0.15, 0.2) is 29.2 Å². The van der Waals surface area contributed by atoms with Crippen molar-refractivity contribution in [2.45, 2.75) is 50.8 Å². The molecule has 1 aromatic rings. The monoisotopic (exact) mass is 403 g/mol. The highest BCUT2D eigenvalue weighted by atomic mass is 32.2. The first-order chi connectivity index (χ1) is 12.4. The zero-order valence-electron chi connectivity index (χ0n) is 15.3. The third kappa shape index (κ3) is 6.94. The van der Waals surface area contributed by atoms with E-state index < -0.39 is 50.8 Å². The van der Waals surface area contributed by atoms with Gasteiger partial charge in [-0.05, 0) is 39.8 Å². The van der Waals surface area contributed by atoms with Gasteiger partial charge in [0.15, 0.2) is 6.10 Å². The molecule has 1 aromatic carbocycles. The SMILES string of the molecule is CC(C)NC(=O)NC(=O)[C@@H](C)OC(=O)[C@H](C)NS(=O)(=O)c1ccccc1F. The molecule has 0 aliphatic carbocycles. The third-order valence-electron chi connectivity index (χ3n) is 3.13. The van der Waals surface area contributed by atoms with E-state index in [2.05, 4.69) is 5.32 Å². The summed E-state index contributed by atoms with van der Waals surface area (Å²) in [5.41, 5.74) is 0. The molecular formula is C16H22FN3O6S. The van der Waals surface area contributed by atoms with Gasteiger partial charge >= 0.3 is 12.0 Å². The van der Waals surface area contributed by atoms with Crippen molar-refractivity contribution in [2.24, 2.45) is 0 Å².